The molecule has 2 heterocycles. The van der Waals surface area contributed by atoms with Crippen molar-refractivity contribution in [3.8, 4) is 0 Å². The fourth-order valence-electron chi connectivity index (χ4n) is 2.59. The summed E-state index contributed by atoms with van der Waals surface area (Å²) in [6, 6.07) is 5.42. The molecule has 0 aliphatic heterocycles. The van der Waals surface area contributed by atoms with E-state index in [2.05, 4.69) is 10.3 Å². The summed E-state index contributed by atoms with van der Waals surface area (Å²) in [5, 5.41) is 3.11. The van der Waals surface area contributed by atoms with Gasteiger partial charge in [0, 0.05) is 28.9 Å². The van der Waals surface area contributed by atoms with Crippen molar-refractivity contribution in [2.45, 2.75) is 20.3 Å². The Morgan fingerprint density at radius 2 is 2.16 bits per heavy atom. The molecule has 1 aromatic carbocycles. The highest BCUT2D eigenvalue weighted by atomic mass is 35.5. The lowest BCUT2D eigenvalue weighted by Crippen LogP contribution is -2.28. The Bertz CT molecular complexity index is 1030. The van der Waals surface area contributed by atoms with Crippen molar-refractivity contribution >= 4 is 33.8 Å². The van der Waals surface area contributed by atoms with Crippen LogP contribution in [-0.4, -0.2) is 21.8 Å². The molecular formula is C17H15ClFN3O2S. The molecule has 5 nitrogen and oxygen atoms in total. The van der Waals surface area contributed by atoms with Gasteiger partial charge in [0.15, 0.2) is 4.96 Å². The second-order valence-electron chi connectivity index (χ2n) is 5.48. The summed E-state index contributed by atoms with van der Waals surface area (Å²) < 4.78 is 14.7. The van der Waals surface area contributed by atoms with Gasteiger partial charge in [0.2, 0.25) is 0 Å². The number of aromatic nitrogens is 2. The lowest BCUT2D eigenvalue weighted by atomic mass is 10.1. The average Bonchev–Trinajstić information content (AvgIpc) is 2.87. The molecule has 0 fully saturated rings. The van der Waals surface area contributed by atoms with Crippen LogP contribution in [0.1, 0.15) is 33.5 Å². The molecule has 0 saturated carbocycles. The number of aryl methyl sites for hydroxylation is 1. The van der Waals surface area contributed by atoms with E-state index in [4.69, 9.17) is 11.6 Å². The first-order chi connectivity index (χ1) is 11.9. The number of nitrogens with zero attached hydrogens (tertiary/aromatic N) is 2. The van der Waals surface area contributed by atoms with Crippen LogP contribution in [0, 0.1) is 12.7 Å². The third-order valence-electron chi connectivity index (χ3n) is 3.67. The maximum absolute atomic E-state index is 13.4. The van der Waals surface area contributed by atoms with Gasteiger partial charge in [-0.15, -0.1) is 11.3 Å². The number of rotatable bonds is 4. The smallest absolute Gasteiger partial charge is 0.269 e. The summed E-state index contributed by atoms with van der Waals surface area (Å²) in [4.78, 5) is 30.3. The molecule has 0 spiro atoms. The fraction of sp³-hybridized carbons (Fsp3) is 0.235. The van der Waals surface area contributed by atoms with Gasteiger partial charge in [0.25, 0.3) is 11.5 Å². The maximum atomic E-state index is 13.4. The molecule has 0 aliphatic carbocycles. The zero-order valence-electron chi connectivity index (χ0n) is 13.6. The van der Waals surface area contributed by atoms with E-state index in [0.29, 0.717) is 38.4 Å². The minimum Gasteiger partial charge on any atom is -0.351 e. The lowest BCUT2D eigenvalue weighted by molar-refractivity contribution is 0.0949. The molecule has 0 aliphatic rings. The molecule has 3 aromatic rings. The van der Waals surface area contributed by atoms with Crippen LogP contribution in [-0.2, 0) is 6.42 Å². The van der Waals surface area contributed by atoms with Crippen LogP contribution in [0.5, 0.6) is 0 Å². The number of carbonyl (C=O) groups is 1. The molecule has 0 saturated heterocycles. The molecule has 0 unspecified atom stereocenters. The first-order valence-electron chi connectivity index (χ1n) is 7.65. The van der Waals surface area contributed by atoms with Gasteiger partial charge >= 0.3 is 0 Å². The normalized spacial score (nSPS) is 11.0. The molecule has 3 rings (SSSR count). The van der Waals surface area contributed by atoms with Crippen molar-refractivity contribution in [1.29, 1.82) is 0 Å². The highest BCUT2D eigenvalue weighted by Gasteiger charge is 2.19. The van der Waals surface area contributed by atoms with Crippen molar-refractivity contribution in [3.63, 3.8) is 0 Å². The van der Waals surface area contributed by atoms with Crippen LogP contribution < -0.4 is 10.9 Å². The second-order valence-corrected chi connectivity index (χ2v) is 7.07. The lowest BCUT2D eigenvalue weighted by Gasteiger charge is -2.06. The Labute approximate surface area is 152 Å². The molecule has 8 heteroatoms. The van der Waals surface area contributed by atoms with E-state index in [-0.39, 0.29) is 17.9 Å². The monoisotopic (exact) mass is 379 g/mol. The predicted octanol–water partition coefficient (Wildman–Crippen LogP) is 3.20. The number of thiazole rings is 1. The first kappa shape index (κ1) is 17.6. The van der Waals surface area contributed by atoms with Gasteiger partial charge in [-0.3, -0.25) is 9.59 Å². The minimum absolute atomic E-state index is 0.232. The summed E-state index contributed by atoms with van der Waals surface area (Å²) in [5.74, 6) is -0.709. The molecule has 1 N–H and O–H groups in total. The van der Waals surface area contributed by atoms with Crippen molar-refractivity contribution in [2.75, 3.05) is 6.54 Å². The Kier molecular flexibility index (Phi) is 4.87. The van der Waals surface area contributed by atoms with Crippen molar-refractivity contribution in [1.82, 2.24) is 14.7 Å². The molecule has 0 bridgehead atoms. The van der Waals surface area contributed by atoms with Crippen LogP contribution in [0.3, 0.4) is 0 Å². The fourth-order valence-corrected chi connectivity index (χ4v) is 3.77. The number of hydrogen-bond donors (Lipinski definition) is 1. The number of halogens is 2. The van der Waals surface area contributed by atoms with Crippen LogP contribution in [0.15, 0.2) is 29.1 Å². The van der Waals surface area contributed by atoms with Crippen molar-refractivity contribution in [3.05, 3.63) is 67.3 Å². The third-order valence-corrected chi connectivity index (χ3v) is 5.00. The molecule has 0 radical (unpaired) electrons. The van der Waals surface area contributed by atoms with Crippen LogP contribution in [0.2, 0.25) is 5.02 Å². The number of hydrogen-bond acceptors (Lipinski definition) is 4. The van der Waals surface area contributed by atoms with Gasteiger partial charge in [0.1, 0.15) is 11.5 Å². The van der Waals surface area contributed by atoms with E-state index < -0.39 is 5.82 Å². The zero-order chi connectivity index (χ0) is 18.1. The van der Waals surface area contributed by atoms with E-state index in [9.17, 15) is 14.0 Å². The topological polar surface area (TPSA) is 63.5 Å². The number of fused-ring (bicyclic) bond motifs is 1. The average molecular weight is 380 g/mol. The van der Waals surface area contributed by atoms with E-state index in [1.807, 2.05) is 6.92 Å². The largest absolute Gasteiger partial charge is 0.351 e. The number of benzene rings is 1. The Balaban J connectivity index is 2.07. The van der Waals surface area contributed by atoms with Gasteiger partial charge in [-0.1, -0.05) is 11.6 Å². The number of nitrogens with one attached hydrogen (secondary N) is 1. The van der Waals surface area contributed by atoms with Gasteiger partial charge in [-0.05, 0) is 37.6 Å². The summed E-state index contributed by atoms with van der Waals surface area (Å²) in [5.41, 5.74) is 0.976. The second kappa shape index (κ2) is 6.93. The van der Waals surface area contributed by atoms with E-state index in [1.54, 1.807) is 6.92 Å². The molecule has 25 heavy (non-hydrogen) atoms. The van der Waals surface area contributed by atoms with Crippen molar-refractivity contribution < 1.29 is 9.18 Å². The highest BCUT2D eigenvalue weighted by Crippen LogP contribution is 2.22. The molecule has 1 amide bonds. The first-order valence-corrected chi connectivity index (χ1v) is 8.84. The zero-order valence-corrected chi connectivity index (χ0v) is 15.2. The Morgan fingerprint density at radius 3 is 2.88 bits per heavy atom. The standard InChI is InChI=1S/C17H15ClFN3O2S/c1-3-20-16(24)15-9(2)25-17-21-12(8-14(23)22(15)17)7-10-6-11(19)4-5-13(10)18/h4-6,8H,3,7H2,1-2H3,(H,20,24). The molecule has 2 aromatic heterocycles. The van der Waals surface area contributed by atoms with E-state index in [1.165, 1.54) is 40.0 Å². The maximum Gasteiger partial charge on any atom is 0.269 e. The third kappa shape index (κ3) is 3.43. The summed E-state index contributed by atoms with van der Waals surface area (Å²) in [7, 11) is 0. The van der Waals surface area contributed by atoms with Crippen LogP contribution in [0.4, 0.5) is 4.39 Å². The molecule has 0 atom stereocenters. The Morgan fingerprint density at radius 1 is 1.40 bits per heavy atom. The summed E-state index contributed by atoms with van der Waals surface area (Å²) in [6.45, 7) is 4.05. The minimum atomic E-state index is -0.400. The van der Waals surface area contributed by atoms with Crippen LogP contribution in [0.25, 0.3) is 4.96 Å². The van der Waals surface area contributed by atoms with Gasteiger partial charge in [-0.25, -0.2) is 13.8 Å². The van der Waals surface area contributed by atoms with Gasteiger partial charge < -0.3 is 5.32 Å². The van der Waals surface area contributed by atoms with Gasteiger partial charge in [0.05, 0.1) is 5.69 Å². The summed E-state index contributed by atoms with van der Waals surface area (Å²) in [6.07, 6.45) is 0.232. The van der Waals surface area contributed by atoms with E-state index >= 15 is 0 Å². The van der Waals surface area contributed by atoms with E-state index in [0.717, 1.165) is 0 Å². The number of amides is 1. The van der Waals surface area contributed by atoms with Crippen LogP contribution >= 0.6 is 22.9 Å². The summed E-state index contributed by atoms with van der Waals surface area (Å²) >= 11 is 7.34. The number of carbonyl (C=O) groups excluding carboxylic acids is 1. The van der Waals surface area contributed by atoms with Crippen molar-refractivity contribution in [2.24, 2.45) is 0 Å². The highest BCUT2D eigenvalue weighted by molar-refractivity contribution is 7.17. The molecule has 130 valence electrons. The van der Waals surface area contributed by atoms with Gasteiger partial charge in [-0.2, -0.15) is 0 Å². The molecular weight excluding hydrogens is 365 g/mol. The predicted molar refractivity (Wildman–Crippen MR) is 96.3 cm³/mol. The quantitative estimate of drug-likeness (QED) is 0.757. The SMILES string of the molecule is CCNC(=O)c1c(C)sc2nc(Cc3cc(F)ccc3Cl)cc(=O)n12. The Hall–Kier alpha value is -2.25.